The van der Waals surface area contributed by atoms with Crippen molar-refractivity contribution in [1.82, 2.24) is 40.5 Å². The minimum Gasteiger partial charge on any atom is -0.480 e. The first kappa shape index (κ1) is 106. The van der Waals surface area contributed by atoms with E-state index in [2.05, 4.69) is 118 Å². The van der Waals surface area contributed by atoms with Gasteiger partial charge in [0, 0.05) is 26.7 Å². The van der Waals surface area contributed by atoms with Crippen LogP contribution >= 0.6 is 15.9 Å². The summed E-state index contributed by atoms with van der Waals surface area (Å²) >= 11 is 3.34. The number of benzene rings is 15. The van der Waals surface area contributed by atoms with Gasteiger partial charge in [0.25, 0.3) is 0 Å². The van der Waals surface area contributed by atoms with Crippen molar-refractivity contribution >= 4 is 119 Å². The van der Waals surface area contributed by atoms with Crippen LogP contribution in [-0.4, -0.2) is 108 Å². The van der Waals surface area contributed by atoms with Crippen LogP contribution in [0.2, 0.25) is 0 Å². The van der Waals surface area contributed by atoms with E-state index in [9.17, 15) is 33.9 Å². The number of carbonyl (C=O) groups excluding carboxylic acids is 5. The lowest BCUT2D eigenvalue weighted by molar-refractivity contribution is -0.145. The van der Waals surface area contributed by atoms with Crippen LogP contribution in [0.3, 0.4) is 0 Å². The monoisotopic (exact) mass is 2070 g/mol. The van der Waals surface area contributed by atoms with Crippen molar-refractivity contribution in [2.75, 3.05) is 13.2 Å². The molecule has 2 amide bonds. The predicted molar refractivity (Wildman–Crippen MR) is 578 cm³/mol. The SMILES string of the molecule is BrCc1nc2cc(-c3ccccc3)ccc2o1.C=CCOC(=O)C(Cc1ccccc1)NC(=O)OCc1nc2cc(-c3ccccc3)ccc2o1.C=CCOC(=O)C(N)Cc1ccccc1.CC(=O)OCc1nc2cc(-c3ccccc3)ccc2o1.Cc1nc2cc(-c3ccccc3)ccc2o1.O=C(NC(Cc1ccccc1)C(=O)O)OCc1nc2cc(-c3ccccc3)ccc2o1.OCc1nc2cc(-c3ccccc3)ccc2o1. The topological polar surface area (TPSA) is 395 Å². The van der Waals surface area contributed by atoms with E-state index in [1.165, 1.54) is 35.8 Å². The smallest absolute Gasteiger partial charge is 0.408 e. The lowest BCUT2D eigenvalue weighted by Gasteiger charge is -2.17. The van der Waals surface area contributed by atoms with Crippen LogP contribution in [0.4, 0.5) is 9.59 Å². The number of carbonyl (C=O) groups is 6. The quantitative estimate of drug-likeness (QED) is 0.0126. The second-order valence-electron chi connectivity index (χ2n) is 33.5. The van der Waals surface area contributed by atoms with Crippen molar-refractivity contribution in [2.24, 2.45) is 5.73 Å². The van der Waals surface area contributed by atoms with E-state index in [1.54, 1.807) is 12.1 Å². The molecule has 0 aliphatic carbocycles. The molecule has 0 bridgehead atoms. The van der Waals surface area contributed by atoms with Gasteiger partial charge in [-0.3, -0.25) is 9.59 Å². The standard InChI is InChI=1S/C27H24N2O5.C24H20N2O5.C16H13NO3.C14H10BrNO.C14H11NO2.C14H11NO.C12H15NO2/c1-2-15-32-26(30)23(16-19-9-5-3-6-10-19)29-27(31)33-18-25-28-22-17-21(13-14-24(22)34-25)20-11-7-4-8-12-20;27-23(28)20(13-16-7-3-1-4-8-16)26-24(29)30-15-22-25-19-14-18(11-12-21(19)31-22)17-9-5-2-6-10-17;1-11(18)19-10-16-17-14-9-13(7-8-15(14)20-16)12-5-3-2-4-6-12;15-9-14-16-12-8-11(6-7-13(12)17-14)10-4-2-1-3-5-10;16-9-14-15-12-8-11(6-7-13(12)17-14)10-4-2-1-3-5-10;1-10-15-13-9-12(7-8-14(13)16-10)11-5-3-2-4-6-11;1-2-8-15-12(14)11(13)9-10-6-4-3-5-7-10/h2-14,17,23H,1,15-16,18H2,(H,29,31);1-12,14,20H,13,15H2,(H,26,29)(H,27,28);2-9H,10H2,1H3;1-8H,9H2;1-8,16H,9H2;2-9H,1H3;2-7,11H,1,8-9,13H2. The molecular weight excluding hydrogens is 1960 g/mol. The summed E-state index contributed by atoms with van der Waals surface area (Å²) in [4.78, 5) is 96.6. The fourth-order valence-corrected chi connectivity index (χ4v) is 15.6. The number of aliphatic carboxylic acids is 1. The molecule has 3 unspecified atom stereocenters. The second-order valence-corrected chi connectivity index (χ2v) is 34.1. The molecule has 0 saturated heterocycles. The number of hydrogen-bond donors (Lipinski definition) is 5. The van der Waals surface area contributed by atoms with Crippen molar-refractivity contribution in [3.8, 4) is 66.8 Å². The Kier molecular flexibility index (Phi) is 37.9. The van der Waals surface area contributed by atoms with Gasteiger partial charge in [0.2, 0.25) is 29.5 Å². The first-order valence-corrected chi connectivity index (χ1v) is 48.8. The molecule has 15 aromatic carbocycles. The molecule has 6 aromatic heterocycles. The number of nitrogens with two attached hydrogens (primary N) is 1. The van der Waals surface area contributed by atoms with E-state index in [4.69, 9.17) is 61.0 Å². The number of alkyl halides is 1. The van der Waals surface area contributed by atoms with E-state index < -0.39 is 48.2 Å². The molecule has 0 fully saturated rings. The fourth-order valence-electron chi connectivity index (χ4n) is 15.4. The molecule has 0 radical (unpaired) electrons. The van der Waals surface area contributed by atoms with Crippen LogP contribution in [0, 0.1) is 6.92 Å². The summed E-state index contributed by atoms with van der Waals surface area (Å²) in [7, 11) is 0. The fraction of sp³-hybridized carbons (Fsp3) is 0.124. The normalized spacial score (nSPS) is 11.3. The number of aryl methyl sites for hydroxylation is 1. The number of nitrogens with zero attached hydrogens (tertiary/aromatic N) is 6. The number of halogens is 1. The van der Waals surface area contributed by atoms with Gasteiger partial charge in [0.1, 0.15) is 71.0 Å². The molecule has 754 valence electrons. The number of aromatic nitrogens is 6. The van der Waals surface area contributed by atoms with Crippen molar-refractivity contribution < 1.29 is 89.2 Å². The van der Waals surface area contributed by atoms with Crippen LogP contribution in [-0.2, 0) is 93.9 Å². The Morgan fingerprint density at radius 3 is 0.893 bits per heavy atom. The van der Waals surface area contributed by atoms with Gasteiger partial charge in [-0.25, -0.2) is 49.1 Å². The Balaban J connectivity index is 0.000000134. The lowest BCUT2D eigenvalue weighted by Crippen LogP contribution is -2.43. The van der Waals surface area contributed by atoms with Gasteiger partial charge in [-0.15, -0.1) is 0 Å². The minimum absolute atomic E-state index is 0.0503. The third-order valence-corrected chi connectivity index (χ3v) is 23.1. The van der Waals surface area contributed by atoms with Gasteiger partial charge >= 0.3 is 36.1 Å². The number of aliphatic hydroxyl groups is 1. The molecule has 0 spiro atoms. The molecule has 29 heteroatoms. The van der Waals surface area contributed by atoms with E-state index in [0.29, 0.717) is 68.7 Å². The number of amides is 2. The van der Waals surface area contributed by atoms with Gasteiger partial charge in [-0.1, -0.05) is 351 Å². The summed E-state index contributed by atoms with van der Waals surface area (Å²) in [6, 6.07) is 121. The highest BCUT2D eigenvalue weighted by Crippen LogP contribution is 2.33. The van der Waals surface area contributed by atoms with Crippen LogP contribution in [0.15, 0.2) is 434 Å². The van der Waals surface area contributed by atoms with Gasteiger partial charge < -0.3 is 76.8 Å². The summed E-state index contributed by atoms with van der Waals surface area (Å²) in [5, 5.41) is 23.9. The average molecular weight is 2070 g/mol. The molecule has 28 nitrogen and oxygen atoms in total. The molecule has 6 heterocycles. The van der Waals surface area contributed by atoms with Crippen molar-refractivity contribution in [3.05, 3.63) is 460 Å². The number of aliphatic hydroxyl groups excluding tert-OH is 1. The molecule has 21 aromatic rings. The number of ether oxygens (including phenoxy) is 5. The molecular formula is C121H104BrN9O19. The molecule has 150 heavy (non-hydrogen) atoms. The summed E-state index contributed by atoms with van der Waals surface area (Å²) in [6.07, 6.45) is 2.27. The Morgan fingerprint density at radius 1 is 0.327 bits per heavy atom. The number of oxazole rings is 6. The Labute approximate surface area is 871 Å². The minimum atomic E-state index is -1.14. The van der Waals surface area contributed by atoms with Crippen molar-refractivity contribution in [2.45, 2.75) is 83.0 Å². The maximum Gasteiger partial charge on any atom is 0.408 e. The largest absolute Gasteiger partial charge is 0.480 e. The number of alkyl carbamates (subject to hydrolysis) is 2. The number of esters is 3. The van der Waals surface area contributed by atoms with E-state index in [-0.39, 0.29) is 70.2 Å². The van der Waals surface area contributed by atoms with E-state index in [0.717, 1.165) is 100.0 Å². The van der Waals surface area contributed by atoms with Gasteiger partial charge in [0.15, 0.2) is 59.2 Å². The molecule has 21 rings (SSSR count). The van der Waals surface area contributed by atoms with Crippen LogP contribution < -0.4 is 16.4 Å². The third kappa shape index (κ3) is 31.0. The van der Waals surface area contributed by atoms with E-state index in [1.807, 2.05) is 328 Å². The Morgan fingerprint density at radius 2 is 0.587 bits per heavy atom. The number of fused-ring (bicyclic) bond motifs is 6. The third-order valence-electron chi connectivity index (χ3n) is 22.6. The van der Waals surface area contributed by atoms with Gasteiger partial charge in [-0.05, 0) is 163 Å². The maximum atomic E-state index is 12.4. The summed E-state index contributed by atoms with van der Waals surface area (Å²) < 4.78 is 58.4. The lowest BCUT2D eigenvalue weighted by atomic mass is 10.1. The number of hydrogen-bond acceptors (Lipinski definition) is 25. The highest BCUT2D eigenvalue weighted by molar-refractivity contribution is 9.08. The highest BCUT2D eigenvalue weighted by atomic mass is 79.9. The zero-order valence-electron chi connectivity index (χ0n) is 81.7. The summed E-state index contributed by atoms with van der Waals surface area (Å²) in [6.45, 7) is 9.97. The summed E-state index contributed by atoms with van der Waals surface area (Å²) in [5.41, 5.74) is 30.6. The zero-order valence-corrected chi connectivity index (χ0v) is 83.3. The molecule has 0 saturated carbocycles. The first-order valence-electron chi connectivity index (χ1n) is 47.7. The van der Waals surface area contributed by atoms with Crippen molar-refractivity contribution in [3.63, 3.8) is 0 Å². The molecule has 0 aliphatic rings. The number of carboxylic acids is 1. The molecule has 6 N–H and O–H groups in total. The van der Waals surface area contributed by atoms with E-state index >= 15 is 0 Å². The number of carboxylic acid groups (broad SMARTS) is 1. The zero-order chi connectivity index (χ0) is 105. The van der Waals surface area contributed by atoms with Crippen LogP contribution in [0.5, 0.6) is 0 Å². The van der Waals surface area contributed by atoms with Crippen LogP contribution in [0.1, 0.15) is 59.0 Å². The van der Waals surface area contributed by atoms with Crippen molar-refractivity contribution in [1.29, 1.82) is 0 Å². The molecule has 0 aliphatic heterocycles. The number of nitrogens with one attached hydrogen (secondary N) is 2. The highest BCUT2D eigenvalue weighted by Gasteiger charge is 2.26. The average Bonchev–Trinajstić information content (AvgIpc) is 1.69. The second kappa shape index (κ2) is 53.8. The maximum absolute atomic E-state index is 12.4. The Bertz CT molecular complexity index is 7900. The Hall–Kier alpha value is -18.6. The predicted octanol–water partition coefficient (Wildman–Crippen LogP) is 25.5. The van der Waals surface area contributed by atoms with Crippen LogP contribution in [0.25, 0.3) is 133 Å². The number of rotatable bonds is 29. The van der Waals surface area contributed by atoms with Gasteiger partial charge in [-0.2, -0.15) is 0 Å². The first-order chi connectivity index (χ1) is 73.2. The summed E-state index contributed by atoms with van der Waals surface area (Å²) in [5.74, 6) is 0.202. The van der Waals surface area contributed by atoms with Gasteiger partial charge in [0.05, 0.1) is 5.33 Å². The molecule has 3 atom stereocenters.